The number of amides is 1. The van der Waals surface area contributed by atoms with Crippen molar-refractivity contribution in [3.05, 3.63) is 29.8 Å². The Labute approximate surface area is 116 Å². The van der Waals surface area contributed by atoms with Crippen molar-refractivity contribution in [2.75, 3.05) is 23.9 Å². The first-order valence-corrected chi connectivity index (χ1v) is 7.43. The van der Waals surface area contributed by atoms with Gasteiger partial charge >= 0.3 is 5.97 Å². The number of hydrogen-bond acceptors (Lipinski definition) is 4. The smallest absolute Gasteiger partial charge is 0.337 e. The lowest BCUT2D eigenvalue weighted by Gasteiger charge is -2.20. The van der Waals surface area contributed by atoms with Gasteiger partial charge in [0.1, 0.15) is 0 Å². The van der Waals surface area contributed by atoms with E-state index >= 15 is 0 Å². The summed E-state index contributed by atoms with van der Waals surface area (Å²) in [5.41, 5.74) is 1.20. The first-order chi connectivity index (χ1) is 9.20. The molecule has 1 aromatic carbocycles. The van der Waals surface area contributed by atoms with Gasteiger partial charge in [0.2, 0.25) is 5.91 Å². The maximum absolute atomic E-state index is 12.0. The summed E-state index contributed by atoms with van der Waals surface area (Å²) in [6.07, 6.45) is 1.88. The van der Waals surface area contributed by atoms with Crippen LogP contribution >= 0.6 is 11.8 Å². The van der Waals surface area contributed by atoms with Gasteiger partial charge in [0.05, 0.1) is 12.7 Å². The van der Waals surface area contributed by atoms with Gasteiger partial charge < -0.3 is 10.1 Å². The van der Waals surface area contributed by atoms with Gasteiger partial charge in [-0.15, -0.1) is 0 Å². The van der Waals surface area contributed by atoms with Crippen LogP contribution < -0.4 is 5.32 Å². The van der Waals surface area contributed by atoms with Gasteiger partial charge in [-0.1, -0.05) is 0 Å². The van der Waals surface area contributed by atoms with Gasteiger partial charge in [-0.05, 0) is 48.6 Å². The summed E-state index contributed by atoms with van der Waals surface area (Å²) in [6.45, 7) is 0. The molecule has 0 aliphatic carbocycles. The number of esters is 1. The third kappa shape index (κ3) is 3.73. The summed E-state index contributed by atoms with van der Waals surface area (Å²) in [5, 5.41) is 2.90. The molecule has 2 rings (SSSR count). The van der Waals surface area contributed by atoms with Crippen molar-refractivity contribution in [1.82, 2.24) is 0 Å². The molecular formula is C14H17NO3S. The number of nitrogens with one attached hydrogen (secondary N) is 1. The zero-order chi connectivity index (χ0) is 13.7. The molecule has 5 heteroatoms. The van der Waals surface area contributed by atoms with Crippen molar-refractivity contribution in [1.29, 1.82) is 0 Å². The normalized spacial score (nSPS) is 15.8. The molecule has 1 heterocycles. The van der Waals surface area contributed by atoms with E-state index < -0.39 is 0 Å². The molecule has 1 N–H and O–H groups in total. The molecule has 0 atom stereocenters. The Morgan fingerprint density at radius 1 is 1.21 bits per heavy atom. The van der Waals surface area contributed by atoms with Gasteiger partial charge in [-0.25, -0.2) is 4.79 Å². The summed E-state index contributed by atoms with van der Waals surface area (Å²) in [6, 6.07) is 6.75. The molecule has 0 aromatic heterocycles. The van der Waals surface area contributed by atoms with Crippen LogP contribution in [-0.2, 0) is 9.53 Å². The van der Waals surface area contributed by atoms with E-state index in [1.807, 2.05) is 11.8 Å². The zero-order valence-corrected chi connectivity index (χ0v) is 11.7. The van der Waals surface area contributed by atoms with Crippen molar-refractivity contribution in [2.45, 2.75) is 12.8 Å². The lowest BCUT2D eigenvalue weighted by molar-refractivity contribution is -0.120. The molecule has 0 radical (unpaired) electrons. The highest BCUT2D eigenvalue weighted by Gasteiger charge is 2.21. The van der Waals surface area contributed by atoms with Gasteiger partial charge in [0, 0.05) is 11.6 Å². The molecule has 0 bridgehead atoms. The molecule has 1 saturated heterocycles. The number of methoxy groups -OCH3 is 1. The van der Waals surface area contributed by atoms with Gasteiger partial charge in [0.25, 0.3) is 0 Å². The fraction of sp³-hybridized carbons (Fsp3) is 0.429. The average molecular weight is 279 g/mol. The van der Waals surface area contributed by atoms with Gasteiger partial charge in [-0.2, -0.15) is 11.8 Å². The second kappa shape index (κ2) is 6.61. The fourth-order valence-electron chi connectivity index (χ4n) is 2.01. The number of rotatable bonds is 3. The maximum atomic E-state index is 12.0. The van der Waals surface area contributed by atoms with Crippen LogP contribution in [0.25, 0.3) is 0 Å². The molecule has 1 aliphatic heterocycles. The first-order valence-electron chi connectivity index (χ1n) is 6.27. The van der Waals surface area contributed by atoms with Crippen LogP contribution in [0.1, 0.15) is 23.2 Å². The van der Waals surface area contributed by atoms with Crippen LogP contribution in [0.2, 0.25) is 0 Å². The Balaban J connectivity index is 1.95. The maximum Gasteiger partial charge on any atom is 0.337 e. The predicted molar refractivity (Wildman–Crippen MR) is 76.5 cm³/mol. The lowest BCUT2D eigenvalue weighted by atomic mass is 10.0. The second-order valence-corrected chi connectivity index (χ2v) is 5.67. The lowest BCUT2D eigenvalue weighted by Crippen LogP contribution is -2.26. The quantitative estimate of drug-likeness (QED) is 0.864. The molecule has 1 fully saturated rings. The van der Waals surface area contributed by atoms with Crippen molar-refractivity contribution in [2.24, 2.45) is 5.92 Å². The molecule has 4 nitrogen and oxygen atoms in total. The van der Waals surface area contributed by atoms with E-state index in [1.54, 1.807) is 24.3 Å². The minimum Gasteiger partial charge on any atom is -0.465 e. The number of benzene rings is 1. The van der Waals surface area contributed by atoms with E-state index in [2.05, 4.69) is 10.1 Å². The van der Waals surface area contributed by atoms with Crippen molar-refractivity contribution >= 4 is 29.3 Å². The Morgan fingerprint density at radius 3 is 2.42 bits per heavy atom. The van der Waals surface area contributed by atoms with E-state index in [4.69, 9.17) is 0 Å². The number of anilines is 1. The highest BCUT2D eigenvalue weighted by Crippen LogP contribution is 2.24. The number of hydrogen-bond donors (Lipinski definition) is 1. The van der Waals surface area contributed by atoms with Crippen LogP contribution in [0.5, 0.6) is 0 Å². The molecule has 102 valence electrons. The molecular weight excluding hydrogens is 262 g/mol. The topological polar surface area (TPSA) is 55.4 Å². The summed E-state index contributed by atoms with van der Waals surface area (Å²) in [5.74, 6) is 1.92. The van der Waals surface area contributed by atoms with E-state index in [0.717, 1.165) is 30.0 Å². The molecule has 19 heavy (non-hydrogen) atoms. The zero-order valence-electron chi connectivity index (χ0n) is 10.8. The van der Waals surface area contributed by atoms with Crippen LogP contribution in [0, 0.1) is 5.92 Å². The number of thioether (sulfide) groups is 1. The largest absolute Gasteiger partial charge is 0.465 e. The highest BCUT2D eigenvalue weighted by atomic mass is 32.2. The summed E-state index contributed by atoms with van der Waals surface area (Å²) in [7, 11) is 1.35. The minimum absolute atomic E-state index is 0.0751. The number of ether oxygens (including phenoxy) is 1. The van der Waals surface area contributed by atoms with Crippen LogP contribution in [0.4, 0.5) is 5.69 Å². The van der Waals surface area contributed by atoms with Crippen LogP contribution in [0.15, 0.2) is 24.3 Å². The summed E-state index contributed by atoms with van der Waals surface area (Å²) in [4.78, 5) is 23.3. The molecule has 0 unspecified atom stereocenters. The molecule has 1 aliphatic rings. The van der Waals surface area contributed by atoms with E-state index in [-0.39, 0.29) is 17.8 Å². The Morgan fingerprint density at radius 2 is 1.84 bits per heavy atom. The van der Waals surface area contributed by atoms with Crippen molar-refractivity contribution in [3.63, 3.8) is 0 Å². The van der Waals surface area contributed by atoms with E-state index in [0.29, 0.717) is 5.56 Å². The monoisotopic (exact) mass is 279 g/mol. The second-order valence-electron chi connectivity index (χ2n) is 4.44. The van der Waals surface area contributed by atoms with Crippen molar-refractivity contribution < 1.29 is 14.3 Å². The van der Waals surface area contributed by atoms with Crippen molar-refractivity contribution in [3.8, 4) is 0 Å². The Bertz CT molecular complexity index is 452. The number of carbonyl (C=O) groups excluding carboxylic acids is 2. The molecule has 1 amide bonds. The van der Waals surface area contributed by atoms with Crippen LogP contribution in [-0.4, -0.2) is 30.5 Å². The minimum atomic E-state index is -0.373. The number of carbonyl (C=O) groups is 2. The highest BCUT2D eigenvalue weighted by molar-refractivity contribution is 7.99. The predicted octanol–water partition coefficient (Wildman–Crippen LogP) is 2.55. The first kappa shape index (κ1) is 13.9. The molecule has 0 spiro atoms. The summed E-state index contributed by atoms with van der Waals surface area (Å²) < 4.78 is 4.62. The fourth-order valence-corrected chi connectivity index (χ4v) is 3.12. The molecule has 1 aromatic rings. The average Bonchev–Trinajstić information content (AvgIpc) is 2.48. The third-order valence-corrected chi connectivity index (χ3v) is 4.21. The Hall–Kier alpha value is -1.49. The standard InChI is InChI=1S/C14H17NO3S/c1-18-14(17)11-2-4-12(5-3-11)15-13(16)10-6-8-19-9-7-10/h2-5,10H,6-9H2,1H3,(H,15,16). The van der Waals surface area contributed by atoms with E-state index in [1.165, 1.54) is 7.11 Å². The van der Waals surface area contributed by atoms with Gasteiger partial charge in [0.15, 0.2) is 0 Å². The molecule has 0 saturated carbocycles. The Kier molecular flexibility index (Phi) is 4.85. The van der Waals surface area contributed by atoms with Gasteiger partial charge in [-0.3, -0.25) is 4.79 Å². The summed E-state index contributed by atoms with van der Waals surface area (Å²) >= 11 is 1.90. The third-order valence-electron chi connectivity index (χ3n) is 3.17. The van der Waals surface area contributed by atoms with E-state index in [9.17, 15) is 9.59 Å². The van der Waals surface area contributed by atoms with Crippen LogP contribution in [0.3, 0.4) is 0 Å². The SMILES string of the molecule is COC(=O)c1ccc(NC(=O)C2CCSCC2)cc1.